The van der Waals surface area contributed by atoms with Crippen LogP contribution in [0.4, 0.5) is 0 Å². The molecule has 0 radical (unpaired) electrons. The Hall–Kier alpha value is -3.42. The summed E-state index contributed by atoms with van der Waals surface area (Å²) < 4.78 is 5.58. The first kappa shape index (κ1) is 33.6. The third-order valence-corrected chi connectivity index (χ3v) is 4.74. The molecule has 1 rings (SSSR count). The highest BCUT2D eigenvalue weighted by atomic mass is 35.5. The fraction of sp³-hybridized carbons (Fsp3) is 0.522. The van der Waals surface area contributed by atoms with Gasteiger partial charge >= 0.3 is 11.9 Å². The van der Waals surface area contributed by atoms with Gasteiger partial charge in [0.15, 0.2) is 0 Å². The summed E-state index contributed by atoms with van der Waals surface area (Å²) in [4.78, 5) is 45.2. The Morgan fingerprint density at radius 3 is 2.38 bits per heavy atom. The highest BCUT2D eigenvalue weighted by molar-refractivity contribution is 6.32. The van der Waals surface area contributed by atoms with Gasteiger partial charge in [0, 0.05) is 37.2 Å². The average Bonchev–Trinajstić information content (AvgIpc) is 2.81. The van der Waals surface area contributed by atoms with Crippen LogP contribution in [0.5, 0.6) is 5.75 Å². The minimum Gasteiger partial charge on any atom is -0.489 e. The van der Waals surface area contributed by atoms with E-state index in [4.69, 9.17) is 26.6 Å². The van der Waals surface area contributed by atoms with Crippen molar-refractivity contribution in [2.24, 2.45) is 0 Å². The molecule has 1 aromatic carbocycles. The van der Waals surface area contributed by atoms with Crippen molar-refractivity contribution >= 4 is 29.4 Å². The number of carbonyl (C=O) groups excluding carboxylic acids is 1. The summed E-state index contributed by atoms with van der Waals surface area (Å²) in [6.07, 6.45) is 1.58. The fourth-order valence-corrected chi connectivity index (χ4v) is 2.67. The highest BCUT2D eigenvalue weighted by Crippen LogP contribution is 2.25. The Balaban J connectivity index is 0.00000139. The van der Waals surface area contributed by atoms with Crippen molar-refractivity contribution in [1.82, 2.24) is 10.6 Å². The predicted octanol–water partition coefficient (Wildman–Crippen LogP) is 1.96. The Morgan fingerprint density at radius 1 is 1.19 bits per heavy atom. The summed E-state index contributed by atoms with van der Waals surface area (Å²) in [5.41, 5.74) is 0.575. The number of hydrogen-bond donors (Lipinski definition) is 5. The number of carbonyl (C=O) groups is 3. The lowest BCUT2D eigenvalue weighted by atomic mass is 10.1. The van der Waals surface area contributed by atoms with E-state index in [0.717, 1.165) is 5.56 Å². The summed E-state index contributed by atoms with van der Waals surface area (Å²) in [5, 5.41) is 41.4. The number of halogens is 1. The van der Waals surface area contributed by atoms with E-state index in [2.05, 4.69) is 15.5 Å². The van der Waals surface area contributed by atoms with Crippen LogP contribution in [0, 0.1) is 17.0 Å². The fourth-order valence-electron chi connectivity index (χ4n) is 2.50. The lowest BCUT2D eigenvalue weighted by Crippen LogP contribution is -2.51. The van der Waals surface area contributed by atoms with Gasteiger partial charge in [-0.25, -0.2) is 9.59 Å². The highest BCUT2D eigenvalue weighted by Gasteiger charge is 2.20. The number of aliphatic carboxylic acids is 2. The molecule has 0 heterocycles. The SMILES string of the molecule is Cc1ccc(Cl)c(OCC(O)CNC(C)(C)CNC(=O)CCCCO[N+](=O)[O-])c1.O=C(O)C=CC(=O)O. The molecular formula is C23H34ClN3O10. The van der Waals surface area contributed by atoms with Crippen molar-refractivity contribution in [3.05, 3.63) is 51.1 Å². The monoisotopic (exact) mass is 547 g/mol. The van der Waals surface area contributed by atoms with Crippen LogP contribution in [0.1, 0.15) is 38.7 Å². The van der Waals surface area contributed by atoms with Crippen molar-refractivity contribution in [3.63, 3.8) is 0 Å². The third-order valence-electron chi connectivity index (χ3n) is 4.43. The summed E-state index contributed by atoms with van der Waals surface area (Å²) >= 11 is 6.07. The number of nitrogens with zero attached hydrogens (tertiary/aromatic N) is 1. The standard InChI is InChI=1S/C19H30ClN3O6.C4H4O4/c1-14-7-8-16(20)17(10-14)28-12-15(24)11-22-19(2,3)13-21-18(25)6-4-5-9-29-23(26)27;5-3(6)1-2-4(7)8/h7-8,10,15,22,24H,4-6,9,11-13H2,1-3H3,(H,21,25);1-2H,(H,5,6)(H,7,8). The number of β-amino-alcohol motifs (C(OH)–C–C–N with tert-alkyl or cyclic N) is 1. The maximum Gasteiger partial charge on any atom is 0.328 e. The van der Waals surface area contributed by atoms with Crippen molar-refractivity contribution in [1.29, 1.82) is 0 Å². The lowest BCUT2D eigenvalue weighted by Gasteiger charge is -2.28. The van der Waals surface area contributed by atoms with Gasteiger partial charge in [-0.2, -0.15) is 0 Å². The quantitative estimate of drug-likeness (QED) is 0.0877. The number of ether oxygens (including phenoxy) is 1. The molecule has 0 bridgehead atoms. The minimum absolute atomic E-state index is 0.0128. The van der Waals surface area contributed by atoms with Gasteiger partial charge in [0.05, 0.1) is 11.6 Å². The lowest BCUT2D eigenvalue weighted by molar-refractivity contribution is -0.757. The Kier molecular flexibility index (Phi) is 16.3. The molecule has 0 aliphatic heterocycles. The maximum atomic E-state index is 11.8. The second-order valence-electron chi connectivity index (χ2n) is 8.46. The van der Waals surface area contributed by atoms with Crippen LogP contribution in [-0.4, -0.2) is 76.2 Å². The third kappa shape index (κ3) is 19.4. The van der Waals surface area contributed by atoms with E-state index >= 15 is 0 Å². The first-order valence-electron chi connectivity index (χ1n) is 11.2. The number of unbranched alkanes of at least 4 members (excludes halogenated alkanes) is 1. The van der Waals surface area contributed by atoms with Crippen LogP contribution in [0.3, 0.4) is 0 Å². The van der Waals surface area contributed by atoms with Crippen molar-refractivity contribution < 1.29 is 44.4 Å². The molecule has 1 atom stereocenters. The van der Waals surface area contributed by atoms with Crippen LogP contribution < -0.4 is 15.4 Å². The number of rotatable bonds is 16. The van der Waals surface area contributed by atoms with E-state index in [9.17, 15) is 29.6 Å². The predicted molar refractivity (Wildman–Crippen MR) is 134 cm³/mol. The molecule has 14 heteroatoms. The first-order chi connectivity index (χ1) is 17.2. The van der Waals surface area contributed by atoms with Gasteiger partial charge < -0.3 is 35.5 Å². The van der Waals surface area contributed by atoms with Gasteiger partial charge in [0.25, 0.3) is 5.09 Å². The summed E-state index contributed by atoms with van der Waals surface area (Å²) in [7, 11) is 0. The molecule has 0 aliphatic carbocycles. The second-order valence-corrected chi connectivity index (χ2v) is 8.87. The molecule has 1 amide bonds. The average molecular weight is 548 g/mol. The van der Waals surface area contributed by atoms with E-state index in [1.54, 1.807) is 6.07 Å². The molecule has 0 saturated carbocycles. The number of amides is 1. The first-order valence-corrected chi connectivity index (χ1v) is 11.6. The van der Waals surface area contributed by atoms with Gasteiger partial charge in [0.1, 0.15) is 18.5 Å². The largest absolute Gasteiger partial charge is 0.489 e. The molecule has 0 aromatic heterocycles. The summed E-state index contributed by atoms with van der Waals surface area (Å²) in [6.45, 7) is 6.47. The normalized spacial score (nSPS) is 11.7. The van der Waals surface area contributed by atoms with Crippen LogP contribution in [0.25, 0.3) is 0 Å². The van der Waals surface area contributed by atoms with Crippen molar-refractivity contribution in [2.75, 3.05) is 26.3 Å². The zero-order valence-corrected chi connectivity index (χ0v) is 21.7. The van der Waals surface area contributed by atoms with Gasteiger partial charge in [0.2, 0.25) is 5.91 Å². The topological polar surface area (TPSA) is 198 Å². The molecule has 208 valence electrons. The van der Waals surface area contributed by atoms with E-state index in [0.29, 0.717) is 42.3 Å². The molecule has 0 saturated heterocycles. The zero-order chi connectivity index (χ0) is 28.4. The van der Waals surface area contributed by atoms with Crippen molar-refractivity contribution in [3.8, 4) is 5.75 Å². The number of aryl methyl sites for hydroxylation is 1. The Bertz CT molecular complexity index is 908. The molecule has 0 aliphatic rings. The molecule has 0 fully saturated rings. The molecule has 5 N–H and O–H groups in total. The number of carboxylic acid groups (broad SMARTS) is 2. The van der Waals surface area contributed by atoms with Gasteiger partial charge in [-0.3, -0.25) is 4.79 Å². The van der Waals surface area contributed by atoms with E-state index in [1.165, 1.54) is 0 Å². The second kappa shape index (κ2) is 17.9. The summed E-state index contributed by atoms with van der Waals surface area (Å²) in [6, 6.07) is 5.44. The number of nitrogens with one attached hydrogen (secondary N) is 2. The van der Waals surface area contributed by atoms with Gasteiger partial charge in [-0.1, -0.05) is 17.7 Å². The Morgan fingerprint density at radius 2 is 1.81 bits per heavy atom. The number of benzene rings is 1. The van der Waals surface area contributed by atoms with Crippen LogP contribution >= 0.6 is 11.6 Å². The van der Waals surface area contributed by atoms with Gasteiger partial charge in [-0.15, -0.1) is 10.1 Å². The van der Waals surface area contributed by atoms with Gasteiger partial charge in [-0.05, 0) is 51.3 Å². The number of carboxylic acids is 2. The molecule has 13 nitrogen and oxygen atoms in total. The maximum absolute atomic E-state index is 11.8. The summed E-state index contributed by atoms with van der Waals surface area (Å²) in [5.74, 6) is -2.13. The van der Waals surface area contributed by atoms with E-state index < -0.39 is 28.7 Å². The van der Waals surface area contributed by atoms with Crippen LogP contribution in [-0.2, 0) is 19.2 Å². The van der Waals surface area contributed by atoms with Crippen LogP contribution in [0.15, 0.2) is 30.4 Å². The molecule has 0 spiro atoms. The number of aliphatic hydroxyl groups is 1. The zero-order valence-electron chi connectivity index (χ0n) is 20.9. The van der Waals surface area contributed by atoms with Crippen LogP contribution in [0.2, 0.25) is 5.02 Å². The molecule has 37 heavy (non-hydrogen) atoms. The van der Waals surface area contributed by atoms with E-state index in [-0.39, 0.29) is 32.1 Å². The smallest absolute Gasteiger partial charge is 0.328 e. The van der Waals surface area contributed by atoms with Crippen molar-refractivity contribution in [2.45, 2.75) is 51.7 Å². The minimum atomic E-state index is -1.26. The van der Waals surface area contributed by atoms with E-state index in [1.807, 2.05) is 32.9 Å². The molecule has 1 aromatic rings. The molecule has 1 unspecified atom stereocenters. The number of hydrogen-bond acceptors (Lipinski definition) is 9. The molecular weight excluding hydrogens is 514 g/mol. The Labute approximate surface area is 219 Å². The number of aliphatic hydroxyl groups excluding tert-OH is 1.